The number of nitro benzene ring substituents is 1. The van der Waals surface area contributed by atoms with Gasteiger partial charge in [0.25, 0.3) is 5.69 Å². The molecule has 0 aromatic heterocycles. The van der Waals surface area contributed by atoms with Gasteiger partial charge in [0.15, 0.2) is 0 Å². The van der Waals surface area contributed by atoms with Gasteiger partial charge >= 0.3 is 5.97 Å². The van der Waals surface area contributed by atoms with Crippen LogP contribution in [0.1, 0.15) is 6.42 Å². The molecule has 0 unspecified atom stereocenters. The van der Waals surface area contributed by atoms with Crippen molar-refractivity contribution in [2.45, 2.75) is 12.5 Å². The first kappa shape index (κ1) is 10.4. The molecule has 1 atom stereocenters. The summed E-state index contributed by atoms with van der Waals surface area (Å²) in [5.74, 6) is -0.281. The van der Waals surface area contributed by atoms with E-state index in [4.69, 9.17) is 4.74 Å². The second kappa shape index (κ2) is 4.18. The number of nitrogens with one attached hydrogen (secondary N) is 1. The molecule has 1 N–H and O–H groups in total. The molecule has 0 amide bonds. The van der Waals surface area contributed by atoms with Gasteiger partial charge in [0.1, 0.15) is 12.3 Å². The maximum absolute atomic E-state index is 10.9. The van der Waals surface area contributed by atoms with E-state index >= 15 is 0 Å². The average molecular weight is 222 g/mol. The summed E-state index contributed by atoms with van der Waals surface area (Å²) in [7, 11) is 0. The monoisotopic (exact) mass is 222 g/mol. The lowest BCUT2D eigenvalue weighted by Crippen LogP contribution is -2.19. The molecule has 16 heavy (non-hydrogen) atoms. The summed E-state index contributed by atoms with van der Waals surface area (Å²) < 4.78 is 4.77. The Morgan fingerprint density at radius 2 is 2.19 bits per heavy atom. The Bertz CT molecular complexity index is 433. The number of cyclic esters (lactones) is 1. The number of benzene rings is 1. The van der Waals surface area contributed by atoms with Crippen LogP contribution in [0, 0.1) is 10.1 Å². The number of hydrogen-bond acceptors (Lipinski definition) is 5. The van der Waals surface area contributed by atoms with Gasteiger partial charge in [-0.05, 0) is 6.07 Å². The van der Waals surface area contributed by atoms with Gasteiger partial charge in [0.05, 0.1) is 17.4 Å². The first-order chi connectivity index (χ1) is 7.66. The molecule has 6 heteroatoms. The lowest BCUT2D eigenvalue weighted by atomic mass is 10.2. The average Bonchev–Trinajstić information content (AvgIpc) is 2.64. The van der Waals surface area contributed by atoms with E-state index in [0.717, 1.165) is 0 Å². The van der Waals surface area contributed by atoms with Gasteiger partial charge in [0, 0.05) is 6.07 Å². The molecule has 0 saturated carbocycles. The number of carbonyl (C=O) groups is 1. The molecule has 84 valence electrons. The summed E-state index contributed by atoms with van der Waals surface area (Å²) in [4.78, 5) is 21.1. The van der Waals surface area contributed by atoms with E-state index in [2.05, 4.69) is 5.32 Å². The molecule has 2 rings (SSSR count). The second-order valence-electron chi connectivity index (χ2n) is 3.50. The fourth-order valence-electron chi connectivity index (χ4n) is 1.58. The van der Waals surface area contributed by atoms with Crippen LogP contribution in [0.15, 0.2) is 24.3 Å². The van der Waals surface area contributed by atoms with Gasteiger partial charge in [-0.2, -0.15) is 0 Å². The van der Waals surface area contributed by atoms with Crippen LogP contribution in [0.4, 0.5) is 11.4 Å². The molecule has 1 heterocycles. The van der Waals surface area contributed by atoms with Crippen LogP contribution < -0.4 is 5.32 Å². The van der Waals surface area contributed by atoms with Gasteiger partial charge in [-0.15, -0.1) is 0 Å². The predicted octanol–water partition coefficient (Wildman–Crippen LogP) is 1.32. The number of hydrogen-bond donors (Lipinski definition) is 1. The van der Waals surface area contributed by atoms with E-state index in [1.807, 2.05) is 0 Å². The lowest BCUT2D eigenvalue weighted by Gasteiger charge is -2.10. The lowest BCUT2D eigenvalue weighted by molar-refractivity contribution is -0.384. The highest BCUT2D eigenvalue weighted by Crippen LogP contribution is 2.25. The molecule has 1 aliphatic rings. The van der Waals surface area contributed by atoms with E-state index < -0.39 is 4.92 Å². The van der Waals surface area contributed by atoms with Crippen LogP contribution in [0.25, 0.3) is 0 Å². The highest BCUT2D eigenvalue weighted by Gasteiger charge is 2.25. The SMILES string of the molecule is O=C1C[C@H](Nc2ccccc2[N+](=O)[O-])CO1. The number of rotatable bonds is 3. The Balaban J connectivity index is 2.14. The normalized spacial score (nSPS) is 19.2. The summed E-state index contributed by atoms with van der Waals surface area (Å²) in [6.07, 6.45) is 0.242. The van der Waals surface area contributed by atoms with Crippen LogP contribution in [0.3, 0.4) is 0 Å². The first-order valence-corrected chi connectivity index (χ1v) is 4.82. The van der Waals surface area contributed by atoms with Crippen LogP contribution in [0.5, 0.6) is 0 Å². The van der Waals surface area contributed by atoms with Gasteiger partial charge < -0.3 is 10.1 Å². The highest BCUT2D eigenvalue weighted by atomic mass is 16.6. The maximum atomic E-state index is 10.9. The van der Waals surface area contributed by atoms with Gasteiger partial charge in [-0.25, -0.2) is 0 Å². The van der Waals surface area contributed by atoms with E-state index in [-0.39, 0.29) is 30.7 Å². The summed E-state index contributed by atoms with van der Waals surface area (Å²) in [5.41, 5.74) is 0.414. The van der Waals surface area contributed by atoms with Crippen LogP contribution in [0.2, 0.25) is 0 Å². The zero-order valence-corrected chi connectivity index (χ0v) is 8.38. The molecular formula is C10H10N2O4. The molecule has 0 spiro atoms. The fraction of sp³-hybridized carbons (Fsp3) is 0.300. The molecule has 1 aliphatic heterocycles. The molecule has 1 aromatic rings. The topological polar surface area (TPSA) is 81.5 Å². The summed E-state index contributed by atoms with van der Waals surface area (Å²) >= 11 is 0. The van der Waals surface area contributed by atoms with Crippen molar-refractivity contribution in [2.24, 2.45) is 0 Å². The number of nitrogens with zero attached hydrogens (tertiary/aromatic N) is 1. The van der Waals surface area contributed by atoms with E-state index in [0.29, 0.717) is 5.69 Å². The van der Waals surface area contributed by atoms with E-state index in [1.165, 1.54) is 6.07 Å². The smallest absolute Gasteiger partial charge is 0.308 e. The third-order valence-corrected chi connectivity index (χ3v) is 2.32. The molecule has 6 nitrogen and oxygen atoms in total. The van der Waals surface area contributed by atoms with Crippen molar-refractivity contribution in [1.29, 1.82) is 0 Å². The van der Waals surface area contributed by atoms with E-state index in [1.54, 1.807) is 18.2 Å². The minimum atomic E-state index is -0.458. The van der Waals surface area contributed by atoms with Crippen molar-refractivity contribution in [1.82, 2.24) is 0 Å². The molecular weight excluding hydrogens is 212 g/mol. The summed E-state index contributed by atoms with van der Waals surface area (Å²) in [6.45, 7) is 0.255. The molecule has 0 aliphatic carbocycles. The highest BCUT2D eigenvalue weighted by molar-refractivity contribution is 5.73. The van der Waals surface area contributed by atoms with Gasteiger partial charge in [-0.1, -0.05) is 12.1 Å². The van der Waals surface area contributed by atoms with Crippen LogP contribution in [-0.4, -0.2) is 23.5 Å². The number of para-hydroxylation sites is 2. The van der Waals surface area contributed by atoms with E-state index in [9.17, 15) is 14.9 Å². The number of esters is 1. The second-order valence-corrected chi connectivity index (χ2v) is 3.50. The third-order valence-electron chi connectivity index (χ3n) is 2.32. The number of carbonyl (C=O) groups excluding carboxylic acids is 1. The van der Waals surface area contributed by atoms with Crippen molar-refractivity contribution in [3.8, 4) is 0 Å². The Hall–Kier alpha value is -2.11. The Labute approximate surface area is 91.4 Å². The van der Waals surface area contributed by atoms with Crippen molar-refractivity contribution in [3.63, 3.8) is 0 Å². The van der Waals surface area contributed by atoms with Crippen molar-refractivity contribution in [2.75, 3.05) is 11.9 Å². The van der Waals surface area contributed by atoms with Gasteiger partial charge in [-0.3, -0.25) is 14.9 Å². The Kier molecular flexibility index (Phi) is 2.72. The standard InChI is InChI=1S/C10H10N2O4/c13-10-5-7(6-16-10)11-8-3-1-2-4-9(8)12(14)15/h1-4,7,11H,5-6H2/t7-/m0/s1. The predicted molar refractivity (Wildman–Crippen MR) is 56.1 cm³/mol. The maximum Gasteiger partial charge on any atom is 0.308 e. The zero-order chi connectivity index (χ0) is 11.5. The first-order valence-electron chi connectivity index (χ1n) is 4.82. The van der Waals surface area contributed by atoms with Gasteiger partial charge in [0.2, 0.25) is 0 Å². The van der Waals surface area contributed by atoms with Crippen LogP contribution >= 0.6 is 0 Å². The summed E-state index contributed by atoms with van der Waals surface area (Å²) in [5, 5.41) is 13.7. The summed E-state index contributed by atoms with van der Waals surface area (Å²) in [6, 6.07) is 6.14. The van der Waals surface area contributed by atoms with Crippen molar-refractivity contribution in [3.05, 3.63) is 34.4 Å². The zero-order valence-electron chi connectivity index (χ0n) is 8.38. The third kappa shape index (κ3) is 2.10. The van der Waals surface area contributed by atoms with Crippen molar-refractivity contribution < 1.29 is 14.5 Å². The number of ether oxygens (including phenoxy) is 1. The number of nitro groups is 1. The largest absolute Gasteiger partial charge is 0.463 e. The molecule has 1 saturated heterocycles. The van der Waals surface area contributed by atoms with Crippen LogP contribution in [-0.2, 0) is 9.53 Å². The molecule has 1 aromatic carbocycles. The quantitative estimate of drug-likeness (QED) is 0.474. The molecule has 1 fully saturated rings. The molecule has 0 radical (unpaired) electrons. The minimum absolute atomic E-state index is 0.00171. The Morgan fingerprint density at radius 3 is 2.81 bits per heavy atom. The Morgan fingerprint density at radius 1 is 1.44 bits per heavy atom. The molecule has 0 bridgehead atoms. The fourth-order valence-corrected chi connectivity index (χ4v) is 1.58. The van der Waals surface area contributed by atoms with Crippen molar-refractivity contribution >= 4 is 17.3 Å². The minimum Gasteiger partial charge on any atom is -0.463 e. The number of anilines is 1.